The number of nitrogen functional groups attached to an aromatic ring is 1. The number of fused-ring (bicyclic) bond motifs is 1. The van der Waals surface area contributed by atoms with Crippen molar-refractivity contribution in [3.8, 4) is 6.07 Å². The zero-order chi connectivity index (χ0) is 17.8. The van der Waals surface area contributed by atoms with Crippen LogP contribution in [0.2, 0.25) is 0 Å². The highest BCUT2D eigenvalue weighted by Gasteiger charge is 2.46. The van der Waals surface area contributed by atoms with Crippen molar-refractivity contribution in [1.82, 2.24) is 19.5 Å². The van der Waals surface area contributed by atoms with Gasteiger partial charge in [-0.15, -0.1) is 0 Å². The van der Waals surface area contributed by atoms with E-state index in [0.717, 1.165) is 0 Å². The Morgan fingerprint density at radius 2 is 2.24 bits per heavy atom. The van der Waals surface area contributed by atoms with E-state index in [2.05, 4.69) is 15.0 Å². The Kier molecular flexibility index (Phi) is 5.37. The number of nitrogens with zero attached hydrogens (tertiary/aromatic N) is 5. The van der Waals surface area contributed by atoms with Gasteiger partial charge in [-0.25, -0.2) is 15.0 Å². The van der Waals surface area contributed by atoms with E-state index in [9.17, 15) is 10.2 Å². The summed E-state index contributed by atoms with van der Waals surface area (Å²) in [7, 11) is 0. The Morgan fingerprint density at radius 1 is 1.40 bits per heavy atom. The summed E-state index contributed by atoms with van der Waals surface area (Å²) < 4.78 is 18.0. The summed E-state index contributed by atoms with van der Waals surface area (Å²) in [5.41, 5.74) is 6.59. The molecule has 134 valence electrons. The van der Waals surface area contributed by atoms with Gasteiger partial charge in [0, 0.05) is 0 Å². The molecule has 0 saturated carbocycles. The van der Waals surface area contributed by atoms with Gasteiger partial charge in [0.25, 0.3) is 0 Å². The largest absolute Gasteiger partial charge is 0.394 e. The topological polar surface area (TPSA) is 162 Å². The molecule has 0 bridgehead atoms. The summed E-state index contributed by atoms with van der Waals surface area (Å²) in [6, 6.07) is 1.95. The van der Waals surface area contributed by atoms with Crippen LogP contribution in [0, 0.1) is 11.3 Å². The molecule has 1 aliphatic rings. The number of aliphatic hydroxyl groups excluding tert-OH is 2. The van der Waals surface area contributed by atoms with Crippen molar-refractivity contribution in [1.29, 1.82) is 5.26 Å². The third-order valence-corrected chi connectivity index (χ3v) is 3.86. The summed E-state index contributed by atoms with van der Waals surface area (Å²) in [5, 5.41) is 28.2. The van der Waals surface area contributed by atoms with Crippen molar-refractivity contribution in [3.05, 3.63) is 12.7 Å². The Balaban J connectivity index is 1.81. The van der Waals surface area contributed by atoms with Crippen LogP contribution in [0.3, 0.4) is 0 Å². The third kappa shape index (κ3) is 3.39. The standard InChI is InChI=1S/C14H18N6O5/c15-2-1-3-23-7-24-11-10(22)8(4-21)25-14(11)20-6-19-9-12(16)17-5-18-13(9)20/h5-6,8,10-11,14,21-22H,1,3-4,7H2,(H2,16,17,18)/t8-,10-,11-,14-/m1/s1. The molecule has 0 aliphatic carbocycles. The molecule has 4 atom stereocenters. The maximum atomic E-state index is 10.3. The van der Waals surface area contributed by atoms with Gasteiger partial charge in [0.1, 0.15) is 36.9 Å². The first-order valence-electron chi connectivity index (χ1n) is 7.61. The minimum Gasteiger partial charge on any atom is -0.394 e. The number of ether oxygens (including phenoxy) is 3. The quantitative estimate of drug-likeness (QED) is 0.414. The first kappa shape index (κ1) is 17.5. The lowest BCUT2D eigenvalue weighted by Gasteiger charge is -2.21. The van der Waals surface area contributed by atoms with E-state index in [1.165, 1.54) is 12.7 Å². The van der Waals surface area contributed by atoms with Crippen molar-refractivity contribution >= 4 is 17.0 Å². The number of aliphatic hydroxyl groups is 2. The molecule has 1 aliphatic heterocycles. The lowest BCUT2D eigenvalue weighted by atomic mass is 10.1. The van der Waals surface area contributed by atoms with Crippen LogP contribution in [0.25, 0.3) is 11.2 Å². The van der Waals surface area contributed by atoms with Crippen LogP contribution in [0.5, 0.6) is 0 Å². The van der Waals surface area contributed by atoms with E-state index >= 15 is 0 Å². The lowest BCUT2D eigenvalue weighted by Crippen LogP contribution is -2.36. The molecule has 2 aromatic rings. The van der Waals surface area contributed by atoms with Crippen molar-refractivity contribution in [3.63, 3.8) is 0 Å². The smallest absolute Gasteiger partial charge is 0.167 e. The highest BCUT2D eigenvalue weighted by molar-refractivity contribution is 5.81. The van der Waals surface area contributed by atoms with Crippen LogP contribution in [-0.2, 0) is 14.2 Å². The molecule has 3 rings (SSSR count). The minimum atomic E-state index is -1.08. The van der Waals surface area contributed by atoms with Crippen LogP contribution in [0.15, 0.2) is 12.7 Å². The molecule has 0 amide bonds. The second-order valence-electron chi connectivity index (χ2n) is 5.39. The van der Waals surface area contributed by atoms with Crippen LogP contribution in [0.4, 0.5) is 5.82 Å². The fourth-order valence-electron chi connectivity index (χ4n) is 2.63. The van der Waals surface area contributed by atoms with Gasteiger partial charge in [-0.2, -0.15) is 5.26 Å². The monoisotopic (exact) mass is 350 g/mol. The Labute approximate surface area is 142 Å². The maximum absolute atomic E-state index is 10.3. The predicted molar refractivity (Wildman–Crippen MR) is 82.7 cm³/mol. The van der Waals surface area contributed by atoms with Gasteiger partial charge in [-0.1, -0.05) is 0 Å². The molecule has 11 heteroatoms. The number of imidazole rings is 1. The van der Waals surface area contributed by atoms with Crippen LogP contribution < -0.4 is 5.73 Å². The molecule has 3 heterocycles. The zero-order valence-electron chi connectivity index (χ0n) is 13.2. The fourth-order valence-corrected chi connectivity index (χ4v) is 2.63. The molecule has 0 aromatic carbocycles. The van der Waals surface area contributed by atoms with E-state index in [1.54, 1.807) is 4.57 Å². The van der Waals surface area contributed by atoms with E-state index < -0.39 is 24.5 Å². The van der Waals surface area contributed by atoms with Crippen molar-refractivity contribution < 1.29 is 24.4 Å². The van der Waals surface area contributed by atoms with Crippen molar-refractivity contribution in [2.24, 2.45) is 0 Å². The minimum absolute atomic E-state index is 0.134. The molecule has 0 unspecified atom stereocenters. The fraction of sp³-hybridized carbons (Fsp3) is 0.571. The predicted octanol–water partition coefficient (Wildman–Crippen LogP) is -1.07. The molecule has 4 N–H and O–H groups in total. The van der Waals surface area contributed by atoms with Gasteiger partial charge in [0.15, 0.2) is 17.7 Å². The molecular weight excluding hydrogens is 332 g/mol. The first-order chi connectivity index (χ1) is 12.2. The summed E-state index contributed by atoms with van der Waals surface area (Å²) in [5.74, 6) is 0.221. The molecule has 2 aromatic heterocycles. The zero-order valence-corrected chi connectivity index (χ0v) is 13.2. The SMILES string of the molecule is N#CCCOCO[C@@H]1[C@H](O)[C@@H](CO)O[C@H]1n1cnc2c(N)ncnc21. The van der Waals surface area contributed by atoms with E-state index in [4.69, 9.17) is 25.2 Å². The third-order valence-electron chi connectivity index (χ3n) is 3.86. The Hall–Kier alpha value is -2.36. The number of hydrogen-bond donors (Lipinski definition) is 3. The maximum Gasteiger partial charge on any atom is 0.167 e. The number of hydrogen-bond acceptors (Lipinski definition) is 10. The van der Waals surface area contributed by atoms with Crippen molar-refractivity contribution in [2.45, 2.75) is 31.0 Å². The second-order valence-corrected chi connectivity index (χ2v) is 5.39. The normalized spacial score (nSPS) is 26.1. The Morgan fingerprint density at radius 3 is 3.00 bits per heavy atom. The van der Waals surface area contributed by atoms with Gasteiger partial charge >= 0.3 is 0 Å². The highest BCUT2D eigenvalue weighted by Crippen LogP contribution is 2.33. The average molecular weight is 350 g/mol. The summed E-state index contributed by atoms with van der Waals surface area (Å²) >= 11 is 0. The van der Waals surface area contributed by atoms with Crippen molar-refractivity contribution in [2.75, 3.05) is 25.7 Å². The van der Waals surface area contributed by atoms with E-state index in [-0.39, 0.29) is 32.2 Å². The number of nitriles is 1. The lowest BCUT2D eigenvalue weighted by molar-refractivity contribution is -0.137. The van der Waals surface area contributed by atoms with Crippen LogP contribution in [-0.4, -0.2) is 68.1 Å². The molecular formula is C14H18N6O5. The van der Waals surface area contributed by atoms with Crippen LogP contribution in [0.1, 0.15) is 12.6 Å². The van der Waals surface area contributed by atoms with Gasteiger partial charge < -0.3 is 30.2 Å². The summed E-state index contributed by atoms with van der Waals surface area (Å²) in [4.78, 5) is 12.2. The Bertz CT molecular complexity index is 762. The molecule has 0 radical (unpaired) electrons. The highest BCUT2D eigenvalue weighted by atomic mass is 16.7. The van der Waals surface area contributed by atoms with Gasteiger partial charge in [0.2, 0.25) is 0 Å². The summed E-state index contributed by atoms with van der Waals surface area (Å²) in [6.45, 7) is -0.298. The van der Waals surface area contributed by atoms with Gasteiger partial charge in [-0.3, -0.25) is 4.57 Å². The van der Waals surface area contributed by atoms with Gasteiger partial charge in [0.05, 0.1) is 32.0 Å². The first-order valence-corrected chi connectivity index (χ1v) is 7.61. The number of nitrogens with two attached hydrogens (primary N) is 1. The molecule has 11 nitrogen and oxygen atoms in total. The number of rotatable bonds is 7. The van der Waals surface area contributed by atoms with E-state index in [0.29, 0.717) is 11.2 Å². The molecule has 0 spiro atoms. The number of anilines is 1. The molecule has 25 heavy (non-hydrogen) atoms. The van der Waals surface area contributed by atoms with Crippen LogP contribution >= 0.6 is 0 Å². The molecule has 1 fully saturated rings. The van der Waals surface area contributed by atoms with Gasteiger partial charge in [-0.05, 0) is 0 Å². The molecule has 1 saturated heterocycles. The second kappa shape index (κ2) is 7.68. The van der Waals surface area contributed by atoms with E-state index in [1.807, 2.05) is 6.07 Å². The average Bonchev–Trinajstić information content (AvgIpc) is 3.17. The summed E-state index contributed by atoms with van der Waals surface area (Å²) in [6.07, 6.45) is -0.528. The number of aromatic nitrogens is 4.